The molecule has 5 amide bonds. The molecule has 8 N–H and O–H groups in total. The van der Waals surface area contributed by atoms with E-state index < -0.39 is 84.7 Å². The number of benzene rings is 1. The minimum absolute atomic E-state index is 0.0358. The van der Waals surface area contributed by atoms with Crippen molar-refractivity contribution in [2.24, 2.45) is 5.92 Å². The van der Waals surface area contributed by atoms with Crippen molar-refractivity contribution >= 4 is 41.5 Å². The number of amides is 5. The molecular formula is C29H42N6O9. The van der Waals surface area contributed by atoms with Crippen molar-refractivity contribution in [2.45, 2.75) is 83.1 Å². The van der Waals surface area contributed by atoms with E-state index in [1.807, 2.05) is 0 Å². The molecule has 0 radical (unpaired) electrons. The zero-order valence-corrected chi connectivity index (χ0v) is 25.1. The fourth-order valence-corrected chi connectivity index (χ4v) is 4.52. The monoisotopic (exact) mass is 618 g/mol. The van der Waals surface area contributed by atoms with Crippen molar-refractivity contribution < 1.29 is 43.8 Å². The predicted octanol–water partition coefficient (Wildman–Crippen LogP) is -1.34. The first-order valence-corrected chi connectivity index (χ1v) is 14.5. The summed E-state index contributed by atoms with van der Waals surface area (Å²) in [6.07, 6.45) is 0.718. The Morgan fingerprint density at radius 1 is 0.818 bits per heavy atom. The van der Waals surface area contributed by atoms with Crippen LogP contribution in [0.15, 0.2) is 30.3 Å². The lowest BCUT2D eigenvalue weighted by Crippen LogP contribution is -2.60. The van der Waals surface area contributed by atoms with E-state index in [2.05, 4.69) is 31.9 Å². The molecule has 1 aliphatic rings. The van der Waals surface area contributed by atoms with Gasteiger partial charge in [-0.25, -0.2) is 0 Å². The highest BCUT2D eigenvalue weighted by molar-refractivity contribution is 5.96. The third kappa shape index (κ3) is 12.0. The summed E-state index contributed by atoms with van der Waals surface area (Å²) in [4.78, 5) is 87.0. The molecule has 0 saturated carbocycles. The van der Waals surface area contributed by atoms with Crippen molar-refractivity contribution in [3.05, 3.63) is 35.9 Å². The lowest BCUT2D eigenvalue weighted by atomic mass is 10.00. The third-order valence-electron chi connectivity index (χ3n) is 6.99. The van der Waals surface area contributed by atoms with Gasteiger partial charge in [0.15, 0.2) is 0 Å². The first kappa shape index (κ1) is 35.7. The number of carbonyl (C=O) groups is 7. The normalized spacial score (nSPS) is 17.0. The molecule has 1 saturated heterocycles. The van der Waals surface area contributed by atoms with Crippen LogP contribution in [0.4, 0.5) is 0 Å². The van der Waals surface area contributed by atoms with Gasteiger partial charge in [0.1, 0.15) is 30.7 Å². The molecule has 15 nitrogen and oxygen atoms in total. The molecule has 1 heterocycles. The van der Waals surface area contributed by atoms with E-state index in [9.17, 15) is 38.7 Å². The van der Waals surface area contributed by atoms with Crippen molar-refractivity contribution in [3.63, 3.8) is 0 Å². The van der Waals surface area contributed by atoms with Crippen molar-refractivity contribution in [3.8, 4) is 0 Å². The highest BCUT2D eigenvalue weighted by Crippen LogP contribution is 2.09. The number of rotatable bonds is 17. The van der Waals surface area contributed by atoms with Crippen LogP contribution in [-0.4, -0.2) is 95.0 Å². The molecule has 1 aliphatic heterocycles. The Morgan fingerprint density at radius 3 is 2.05 bits per heavy atom. The Labute approximate surface area is 255 Å². The van der Waals surface area contributed by atoms with Crippen LogP contribution in [0.1, 0.15) is 52.0 Å². The average molecular weight is 619 g/mol. The van der Waals surface area contributed by atoms with E-state index in [0.29, 0.717) is 18.5 Å². The van der Waals surface area contributed by atoms with Crippen LogP contribution in [0.5, 0.6) is 0 Å². The number of carboxylic acids is 2. The van der Waals surface area contributed by atoms with Crippen LogP contribution in [0.3, 0.4) is 0 Å². The summed E-state index contributed by atoms with van der Waals surface area (Å²) in [5.41, 5.74) is 0.690. The SMILES string of the molecule is CC(C)[C@H](NC(=O)[C@H](CCC(=O)O)NC(=O)[C@H](C)NC(=O)[C@@H]1CCCN1)C(=O)N[C@@H](Cc1ccccc1)C(=O)NCC(=O)O. The summed E-state index contributed by atoms with van der Waals surface area (Å²) >= 11 is 0. The number of nitrogens with one attached hydrogen (secondary N) is 6. The first-order chi connectivity index (χ1) is 20.8. The van der Waals surface area contributed by atoms with E-state index in [1.165, 1.54) is 6.92 Å². The molecule has 0 unspecified atom stereocenters. The fourth-order valence-electron chi connectivity index (χ4n) is 4.52. The second kappa shape index (κ2) is 17.6. The van der Waals surface area contributed by atoms with Gasteiger partial charge in [-0.05, 0) is 44.2 Å². The number of carbonyl (C=O) groups excluding carboxylic acids is 5. The molecule has 1 aromatic rings. The molecule has 15 heteroatoms. The van der Waals surface area contributed by atoms with Gasteiger partial charge in [-0.2, -0.15) is 0 Å². The van der Waals surface area contributed by atoms with Gasteiger partial charge in [0.05, 0.1) is 6.04 Å². The van der Waals surface area contributed by atoms with Crippen LogP contribution < -0.4 is 31.9 Å². The molecule has 1 aromatic carbocycles. The lowest BCUT2D eigenvalue weighted by molar-refractivity contribution is -0.139. The summed E-state index contributed by atoms with van der Waals surface area (Å²) in [5.74, 6) is -6.39. The van der Waals surface area contributed by atoms with Crippen molar-refractivity contribution in [1.29, 1.82) is 0 Å². The van der Waals surface area contributed by atoms with Crippen molar-refractivity contribution in [1.82, 2.24) is 31.9 Å². The molecule has 2 rings (SSSR count). The van der Waals surface area contributed by atoms with Gasteiger partial charge < -0.3 is 42.1 Å². The van der Waals surface area contributed by atoms with Crippen LogP contribution >= 0.6 is 0 Å². The largest absolute Gasteiger partial charge is 0.481 e. The second-order valence-electron chi connectivity index (χ2n) is 11.0. The molecular weight excluding hydrogens is 576 g/mol. The van der Waals surface area contributed by atoms with Crippen molar-refractivity contribution in [2.75, 3.05) is 13.1 Å². The maximum atomic E-state index is 13.4. The molecule has 0 aromatic heterocycles. The number of carboxylic acid groups (broad SMARTS) is 2. The Morgan fingerprint density at radius 2 is 1.48 bits per heavy atom. The Kier molecular flexibility index (Phi) is 14.2. The second-order valence-corrected chi connectivity index (χ2v) is 11.0. The summed E-state index contributed by atoms with van der Waals surface area (Å²) in [6.45, 7) is 4.73. The summed E-state index contributed by atoms with van der Waals surface area (Å²) < 4.78 is 0. The van der Waals surface area contributed by atoms with Gasteiger partial charge in [-0.15, -0.1) is 0 Å². The quantitative estimate of drug-likeness (QED) is 0.102. The first-order valence-electron chi connectivity index (χ1n) is 14.5. The van der Waals surface area contributed by atoms with Gasteiger partial charge >= 0.3 is 11.9 Å². The highest BCUT2D eigenvalue weighted by atomic mass is 16.4. The molecule has 5 atom stereocenters. The fraction of sp³-hybridized carbons (Fsp3) is 0.552. The van der Waals surface area contributed by atoms with Gasteiger partial charge in [0, 0.05) is 12.8 Å². The van der Waals surface area contributed by atoms with Crippen LogP contribution in [-0.2, 0) is 40.0 Å². The van der Waals surface area contributed by atoms with E-state index in [4.69, 9.17) is 5.11 Å². The van der Waals surface area contributed by atoms with Gasteiger partial charge in [0.2, 0.25) is 29.5 Å². The average Bonchev–Trinajstić information content (AvgIpc) is 3.51. The maximum Gasteiger partial charge on any atom is 0.322 e. The Balaban J connectivity index is 2.15. The number of hydrogen-bond donors (Lipinski definition) is 8. The van der Waals surface area contributed by atoms with E-state index in [1.54, 1.807) is 44.2 Å². The van der Waals surface area contributed by atoms with Gasteiger partial charge in [-0.3, -0.25) is 33.6 Å². The topological polar surface area (TPSA) is 232 Å². The third-order valence-corrected chi connectivity index (χ3v) is 6.99. The molecule has 0 bridgehead atoms. The maximum absolute atomic E-state index is 13.4. The summed E-state index contributed by atoms with van der Waals surface area (Å²) in [7, 11) is 0. The molecule has 0 spiro atoms. The minimum Gasteiger partial charge on any atom is -0.481 e. The van der Waals surface area contributed by atoms with Crippen LogP contribution in [0.25, 0.3) is 0 Å². The number of hydrogen-bond acceptors (Lipinski definition) is 8. The van der Waals surface area contributed by atoms with E-state index in [-0.39, 0.29) is 18.7 Å². The highest BCUT2D eigenvalue weighted by Gasteiger charge is 2.33. The van der Waals surface area contributed by atoms with Gasteiger partial charge in [0.25, 0.3) is 0 Å². The Bertz CT molecular complexity index is 1190. The summed E-state index contributed by atoms with van der Waals surface area (Å²) in [6, 6.07) is 3.52. The lowest BCUT2D eigenvalue weighted by Gasteiger charge is -2.28. The Hall–Kier alpha value is -4.53. The predicted molar refractivity (Wildman–Crippen MR) is 157 cm³/mol. The smallest absolute Gasteiger partial charge is 0.322 e. The van der Waals surface area contributed by atoms with Crippen LogP contribution in [0, 0.1) is 5.92 Å². The zero-order chi connectivity index (χ0) is 32.8. The molecule has 242 valence electrons. The zero-order valence-electron chi connectivity index (χ0n) is 25.1. The minimum atomic E-state index is -1.35. The number of aliphatic carboxylic acids is 2. The van der Waals surface area contributed by atoms with E-state index in [0.717, 1.165) is 6.42 Å². The molecule has 44 heavy (non-hydrogen) atoms. The van der Waals surface area contributed by atoms with E-state index >= 15 is 0 Å². The molecule has 0 aliphatic carbocycles. The molecule has 1 fully saturated rings. The van der Waals surface area contributed by atoms with Crippen LogP contribution in [0.2, 0.25) is 0 Å². The van der Waals surface area contributed by atoms with Gasteiger partial charge in [-0.1, -0.05) is 44.2 Å². The summed E-state index contributed by atoms with van der Waals surface area (Å²) in [5, 5.41) is 33.6. The standard InChI is InChI=1S/C29H42N6O9/c1-16(2)24(29(44)34-21(26(41)31-15-23(38)39)14-18-8-5-4-6-9-18)35-28(43)20(11-12-22(36)37)33-25(40)17(3)32-27(42)19-10-7-13-30-19/h4-6,8-9,16-17,19-21,24,30H,7,10-15H2,1-3H3,(H,31,41)(H,32,42)(H,33,40)(H,34,44)(H,35,43)(H,36,37)(H,38,39)/t17-,19-,20-,21-,24-/m0/s1.